The van der Waals surface area contributed by atoms with Crippen LogP contribution in [0.15, 0.2) is 28.3 Å². The summed E-state index contributed by atoms with van der Waals surface area (Å²) in [6, 6.07) is 5.90. The van der Waals surface area contributed by atoms with E-state index in [-0.39, 0.29) is 5.41 Å². The van der Waals surface area contributed by atoms with E-state index in [1.54, 1.807) is 0 Å². The van der Waals surface area contributed by atoms with E-state index in [4.69, 9.17) is 0 Å². The van der Waals surface area contributed by atoms with Crippen LogP contribution in [0.5, 0.6) is 5.75 Å². The van der Waals surface area contributed by atoms with Gasteiger partial charge in [0, 0.05) is 15.5 Å². The van der Waals surface area contributed by atoms with Crippen LogP contribution in [0.25, 0.3) is 0 Å². The molecule has 0 heterocycles. The third kappa shape index (κ3) is 1.87. The Morgan fingerprint density at radius 3 is 2.95 bits per heavy atom. The lowest BCUT2D eigenvalue weighted by atomic mass is 9.56. The minimum Gasteiger partial charge on any atom is -0.508 e. The summed E-state index contributed by atoms with van der Waals surface area (Å²) in [5.74, 6) is 2.20. The van der Waals surface area contributed by atoms with Gasteiger partial charge in [0.15, 0.2) is 0 Å². The number of allylic oxidation sites excluding steroid dienone is 2. The summed E-state index contributed by atoms with van der Waals surface area (Å²) < 4.78 is 1.16. The summed E-state index contributed by atoms with van der Waals surface area (Å²) in [6.45, 7) is 2.33. The fourth-order valence-corrected chi connectivity index (χ4v) is 6.08. The van der Waals surface area contributed by atoms with E-state index < -0.39 is 0 Å². The van der Waals surface area contributed by atoms with Crippen LogP contribution in [-0.4, -0.2) is 11.4 Å². The number of benzene rings is 1. The van der Waals surface area contributed by atoms with Crippen LogP contribution < -0.4 is 0 Å². The molecule has 0 amide bonds. The van der Waals surface area contributed by atoms with Gasteiger partial charge >= 0.3 is 0 Å². The van der Waals surface area contributed by atoms with Gasteiger partial charge in [-0.05, 0) is 73.1 Å². The van der Waals surface area contributed by atoms with E-state index in [1.807, 2.05) is 12.1 Å². The molecule has 0 aromatic heterocycles. The molecule has 1 saturated carbocycles. The summed E-state index contributed by atoms with van der Waals surface area (Å²) in [6.07, 6.45) is 6.51. The molecule has 0 bridgehead atoms. The van der Waals surface area contributed by atoms with Crippen molar-refractivity contribution in [1.82, 2.24) is 0 Å². The molecular weight excluding hydrogens is 340 g/mol. The van der Waals surface area contributed by atoms with Gasteiger partial charge in [-0.15, -0.1) is 0 Å². The molecular formula is C19H21BrO2. The van der Waals surface area contributed by atoms with Crippen LogP contribution in [-0.2, 0) is 11.2 Å². The highest BCUT2D eigenvalue weighted by Crippen LogP contribution is 2.63. The van der Waals surface area contributed by atoms with Crippen molar-refractivity contribution in [2.24, 2.45) is 17.3 Å². The van der Waals surface area contributed by atoms with Crippen molar-refractivity contribution in [2.75, 3.05) is 0 Å². The molecule has 1 N–H and O–H groups in total. The Bertz CT molecular complexity index is 678. The highest BCUT2D eigenvalue weighted by Gasteiger charge is 2.53. The number of halogens is 1. The van der Waals surface area contributed by atoms with Crippen LogP contribution in [0.2, 0.25) is 0 Å². The van der Waals surface area contributed by atoms with Crippen LogP contribution >= 0.6 is 15.9 Å². The average molecular weight is 361 g/mol. The normalized spacial score (nSPS) is 36.5. The smallest absolute Gasteiger partial charge is 0.146 e. The first kappa shape index (κ1) is 14.5. The van der Waals surface area contributed by atoms with Crippen LogP contribution in [0, 0.1) is 17.3 Å². The van der Waals surface area contributed by atoms with Crippen molar-refractivity contribution in [1.29, 1.82) is 0 Å². The van der Waals surface area contributed by atoms with E-state index in [2.05, 4.69) is 28.9 Å². The van der Waals surface area contributed by atoms with Crippen LogP contribution in [0.3, 0.4) is 0 Å². The average Bonchev–Trinajstić information content (AvgIpc) is 2.78. The lowest BCUT2D eigenvalue weighted by Crippen LogP contribution is -2.40. The van der Waals surface area contributed by atoms with E-state index in [9.17, 15) is 9.90 Å². The van der Waals surface area contributed by atoms with Gasteiger partial charge in [0.2, 0.25) is 0 Å². The van der Waals surface area contributed by atoms with Crippen molar-refractivity contribution >= 4 is 22.2 Å². The SMILES string of the molecule is C[C@]12CCC3c4ccc(O)cc4CCC3C1CC(C=O)=C2Br. The lowest BCUT2D eigenvalue weighted by Gasteiger charge is -2.49. The molecule has 2 nitrogen and oxygen atoms in total. The molecule has 3 unspecified atom stereocenters. The minimum absolute atomic E-state index is 0.145. The van der Waals surface area contributed by atoms with Crippen LogP contribution in [0.4, 0.5) is 0 Å². The second kappa shape index (κ2) is 4.95. The third-order valence-electron chi connectivity index (χ3n) is 6.47. The number of aldehydes is 1. The number of phenols is 1. The first-order valence-corrected chi connectivity index (χ1v) is 9.00. The Hall–Kier alpha value is -1.09. The molecule has 1 aromatic rings. The van der Waals surface area contributed by atoms with Gasteiger partial charge in [-0.25, -0.2) is 0 Å². The van der Waals surface area contributed by atoms with Crippen molar-refractivity contribution in [3.63, 3.8) is 0 Å². The zero-order valence-electron chi connectivity index (χ0n) is 12.8. The van der Waals surface area contributed by atoms with Gasteiger partial charge in [-0.3, -0.25) is 4.79 Å². The van der Waals surface area contributed by atoms with E-state index in [0.29, 0.717) is 23.5 Å². The predicted molar refractivity (Wildman–Crippen MR) is 90.1 cm³/mol. The first-order chi connectivity index (χ1) is 10.5. The molecule has 3 aliphatic rings. The summed E-state index contributed by atoms with van der Waals surface area (Å²) in [7, 11) is 0. The molecule has 3 heteroatoms. The molecule has 4 atom stereocenters. The summed E-state index contributed by atoms with van der Waals surface area (Å²) in [5, 5.41) is 9.73. The number of rotatable bonds is 1. The molecule has 0 radical (unpaired) electrons. The van der Waals surface area contributed by atoms with Gasteiger partial charge < -0.3 is 5.11 Å². The number of aromatic hydroxyl groups is 1. The number of phenolic OH excluding ortho intramolecular Hbond substituents is 1. The largest absolute Gasteiger partial charge is 0.508 e. The van der Waals surface area contributed by atoms with E-state index >= 15 is 0 Å². The Morgan fingerprint density at radius 2 is 2.18 bits per heavy atom. The molecule has 22 heavy (non-hydrogen) atoms. The molecule has 0 saturated heterocycles. The molecule has 3 aliphatic carbocycles. The first-order valence-electron chi connectivity index (χ1n) is 8.20. The number of carbonyl (C=O) groups is 1. The van der Waals surface area contributed by atoms with Gasteiger partial charge in [0.25, 0.3) is 0 Å². The molecule has 1 aromatic carbocycles. The maximum absolute atomic E-state index is 11.4. The number of carbonyl (C=O) groups excluding carboxylic acids is 1. The number of fused-ring (bicyclic) bond motifs is 5. The number of aryl methyl sites for hydroxylation is 1. The third-order valence-corrected chi connectivity index (χ3v) is 7.88. The Kier molecular flexibility index (Phi) is 3.26. The maximum atomic E-state index is 11.4. The standard InChI is InChI=1S/C19H21BrO2/c1-19-7-6-15-14-5-3-13(22)8-11(14)2-4-16(15)17(19)9-12(10-21)18(19)20/h3,5,8,10,15-17,22H,2,4,6-7,9H2,1H3/t15?,16?,17?,19-/m0/s1. The topological polar surface area (TPSA) is 37.3 Å². The summed E-state index contributed by atoms with van der Waals surface area (Å²) >= 11 is 3.74. The molecule has 0 aliphatic heterocycles. The fraction of sp³-hybridized carbons (Fsp3) is 0.526. The zero-order chi connectivity index (χ0) is 15.5. The van der Waals surface area contributed by atoms with Gasteiger partial charge in [-0.1, -0.05) is 28.9 Å². The van der Waals surface area contributed by atoms with Gasteiger partial charge in [0.1, 0.15) is 12.0 Å². The van der Waals surface area contributed by atoms with Crippen molar-refractivity contribution in [3.05, 3.63) is 39.4 Å². The monoisotopic (exact) mass is 360 g/mol. The second-order valence-electron chi connectivity index (χ2n) is 7.42. The lowest BCUT2D eigenvalue weighted by molar-refractivity contribution is -0.105. The highest BCUT2D eigenvalue weighted by molar-refractivity contribution is 9.11. The van der Waals surface area contributed by atoms with Crippen LogP contribution in [0.1, 0.15) is 49.7 Å². The van der Waals surface area contributed by atoms with Crippen molar-refractivity contribution in [3.8, 4) is 5.75 Å². The Balaban J connectivity index is 1.72. The molecule has 1 fully saturated rings. The van der Waals surface area contributed by atoms with E-state index in [0.717, 1.165) is 35.6 Å². The summed E-state index contributed by atoms with van der Waals surface area (Å²) in [4.78, 5) is 11.4. The van der Waals surface area contributed by atoms with Gasteiger partial charge in [0.05, 0.1) is 0 Å². The van der Waals surface area contributed by atoms with E-state index in [1.165, 1.54) is 24.0 Å². The fourth-order valence-electron chi connectivity index (χ4n) is 5.33. The summed E-state index contributed by atoms with van der Waals surface area (Å²) in [5.41, 5.74) is 3.88. The minimum atomic E-state index is 0.145. The zero-order valence-corrected chi connectivity index (χ0v) is 14.4. The number of hydrogen-bond acceptors (Lipinski definition) is 2. The quantitative estimate of drug-likeness (QED) is 0.736. The Labute approximate surface area is 139 Å². The highest BCUT2D eigenvalue weighted by atomic mass is 79.9. The van der Waals surface area contributed by atoms with Crippen molar-refractivity contribution in [2.45, 2.75) is 44.9 Å². The Morgan fingerprint density at radius 1 is 1.36 bits per heavy atom. The van der Waals surface area contributed by atoms with Gasteiger partial charge in [-0.2, -0.15) is 0 Å². The maximum Gasteiger partial charge on any atom is 0.146 e. The molecule has 0 spiro atoms. The second-order valence-corrected chi connectivity index (χ2v) is 8.21. The molecule has 4 rings (SSSR count). The van der Waals surface area contributed by atoms with Crippen molar-refractivity contribution < 1.29 is 9.90 Å². The number of hydrogen-bond donors (Lipinski definition) is 1. The predicted octanol–water partition coefficient (Wildman–Crippen LogP) is 4.71. The molecule has 116 valence electrons.